The molecule has 0 atom stereocenters. The lowest BCUT2D eigenvalue weighted by Crippen LogP contribution is -2.30. The number of rotatable bonds is 10. The molecule has 0 radical (unpaired) electrons. The van der Waals surface area contributed by atoms with Crippen LogP contribution in [0.25, 0.3) is 0 Å². The molecule has 0 saturated heterocycles. The minimum absolute atomic E-state index is 0.0364. The molecule has 0 aliphatic heterocycles. The van der Waals surface area contributed by atoms with Crippen LogP contribution in [-0.2, 0) is 4.79 Å². The molecule has 8 heteroatoms. The van der Waals surface area contributed by atoms with Gasteiger partial charge in [0.2, 0.25) is 5.91 Å². The van der Waals surface area contributed by atoms with Crippen LogP contribution >= 0.6 is 11.6 Å². The van der Waals surface area contributed by atoms with Crippen LogP contribution in [0.4, 0.5) is 0 Å². The summed E-state index contributed by atoms with van der Waals surface area (Å²) < 4.78 is 0. The summed E-state index contributed by atoms with van der Waals surface area (Å²) in [5, 5.41) is 18.2. The molecular weight excluding hydrogens is 394 g/mol. The van der Waals surface area contributed by atoms with Gasteiger partial charge in [-0.3, -0.25) is 14.4 Å². The summed E-state index contributed by atoms with van der Waals surface area (Å²) in [4.78, 5) is 35.6. The predicted octanol–water partition coefficient (Wildman–Crippen LogP) is 2.49. The summed E-state index contributed by atoms with van der Waals surface area (Å²) >= 11 is 5.78. The molecule has 0 aromatic heterocycles. The molecule has 2 aromatic rings. The summed E-state index contributed by atoms with van der Waals surface area (Å²) in [5.74, 6) is -0.549. The number of phenolic OH excluding ortho intramolecular Hbond substituents is 1. The third-order valence-corrected chi connectivity index (χ3v) is 4.29. The number of hydrogen-bond donors (Lipinski definition) is 4. The molecule has 2 aromatic carbocycles. The number of carbonyl (C=O) groups excluding carboxylic acids is 3. The molecule has 0 aliphatic carbocycles. The van der Waals surface area contributed by atoms with E-state index in [2.05, 4.69) is 16.0 Å². The Balaban J connectivity index is 1.52. The summed E-state index contributed by atoms with van der Waals surface area (Å²) in [5.41, 5.74) is 0.904. The summed E-state index contributed by atoms with van der Waals surface area (Å²) in [6.45, 7) is 1.25. The zero-order chi connectivity index (χ0) is 21.1. The molecule has 29 heavy (non-hydrogen) atoms. The number of phenols is 1. The Bertz CT molecular complexity index is 840. The van der Waals surface area contributed by atoms with E-state index < -0.39 is 0 Å². The number of amides is 3. The van der Waals surface area contributed by atoms with Crippen LogP contribution in [0.15, 0.2) is 48.5 Å². The molecule has 0 fully saturated rings. The van der Waals surface area contributed by atoms with Crippen LogP contribution in [0, 0.1) is 0 Å². The largest absolute Gasteiger partial charge is 0.508 e. The SMILES string of the molecule is O=C(CCCNC(=O)c1ccc(Cl)cc1)NCCCNC(=O)c1cccc(O)c1. The maximum Gasteiger partial charge on any atom is 0.251 e. The zero-order valence-electron chi connectivity index (χ0n) is 15.9. The van der Waals surface area contributed by atoms with Gasteiger partial charge >= 0.3 is 0 Å². The van der Waals surface area contributed by atoms with Gasteiger partial charge in [0.25, 0.3) is 11.8 Å². The molecular formula is C21H24ClN3O4. The van der Waals surface area contributed by atoms with Gasteiger partial charge in [-0.05, 0) is 55.3 Å². The first-order valence-corrected chi connectivity index (χ1v) is 9.71. The average molecular weight is 418 g/mol. The number of hydrogen-bond acceptors (Lipinski definition) is 4. The molecule has 0 spiro atoms. The number of benzene rings is 2. The van der Waals surface area contributed by atoms with Crippen LogP contribution in [-0.4, -0.2) is 42.5 Å². The maximum absolute atomic E-state index is 11.9. The molecule has 154 valence electrons. The van der Waals surface area contributed by atoms with Crippen molar-refractivity contribution in [2.24, 2.45) is 0 Å². The highest BCUT2D eigenvalue weighted by Gasteiger charge is 2.07. The molecule has 0 bridgehead atoms. The Labute approximate surface area is 174 Å². The Hall–Kier alpha value is -3.06. The van der Waals surface area contributed by atoms with Crippen LogP contribution in [0.3, 0.4) is 0 Å². The standard InChI is InChI=1S/C21H24ClN3O4/c22-17-9-7-15(8-10-17)20(28)24-11-2-6-19(27)23-12-3-13-25-21(29)16-4-1-5-18(26)14-16/h1,4-5,7-10,14,26H,2-3,6,11-13H2,(H,23,27)(H,24,28)(H,25,29). The Kier molecular flexibility index (Phi) is 8.98. The Morgan fingerprint density at radius 3 is 2.10 bits per heavy atom. The van der Waals surface area contributed by atoms with E-state index in [1.807, 2.05) is 0 Å². The van der Waals surface area contributed by atoms with Gasteiger partial charge in [0.1, 0.15) is 5.75 Å². The smallest absolute Gasteiger partial charge is 0.251 e. The van der Waals surface area contributed by atoms with Crippen molar-refractivity contribution in [3.63, 3.8) is 0 Å². The van der Waals surface area contributed by atoms with E-state index in [0.29, 0.717) is 55.0 Å². The Morgan fingerprint density at radius 2 is 1.41 bits per heavy atom. The van der Waals surface area contributed by atoms with Gasteiger partial charge in [-0.15, -0.1) is 0 Å². The highest BCUT2D eigenvalue weighted by Crippen LogP contribution is 2.10. The first kappa shape index (κ1) is 22.2. The minimum atomic E-state index is -0.274. The molecule has 4 N–H and O–H groups in total. The number of aromatic hydroxyl groups is 1. The average Bonchev–Trinajstić information content (AvgIpc) is 2.71. The van der Waals surface area contributed by atoms with Crippen molar-refractivity contribution >= 4 is 29.3 Å². The van der Waals surface area contributed by atoms with E-state index in [1.165, 1.54) is 12.1 Å². The third kappa shape index (κ3) is 8.23. The lowest BCUT2D eigenvalue weighted by atomic mass is 10.2. The summed E-state index contributed by atoms with van der Waals surface area (Å²) in [7, 11) is 0. The second-order valence-corrected chi connectivity index (χ2v) is 6.81. The zero-order valence-corrected chi connectivity index (χ0v) is 16.7. The second-order valence-electron chi connectivity index (χ2n) is 6.38. The number of carbonyl (C=O) groups is 3. The van der Waals surface area contributed by atoms with E-state index in [1.54, 1.807) is 36.4 Å². The van der Waals surface area contributed by atoms with E-state index in [9.17, 15) is 19.5 Å². The topological polar surface area (TPSA) is 108 Å². The van der Waals surface area contributed by atoms with Crippen molar-refractivity contribution in [1.29, 1.82) is 0 Å². The van der Waals surface area contributed by atoms with Crippen molar-refractivity contribution in [2.45, 2.75) is 19.3 Å². The van der Waals surface area contributed by atoms with Gasteiger partial charge in [-0.2, -0.15) is 0 Å². The van der Waals surface area contributed by atoms with Gasteiger partial charge in [0.15, 0.2) is 0 Å². The van der Waals surface area contributed by atoms with Crippen molar-refractivity contribution in [1.82, 2.24) is 16.0 Å². The first-order chi connectivity index (χ1) is 14.0. The second kappa shape index (κ2) is 11.7. The fraction of sp³-hybridized carbons (Fsp3) is 0.286. The van der Waals surface area contributed by atoms with Crippen LogP contribution in [0.5, 0.6) is 5.75 Å². The molecule has 3 amide bonds. The summed E-state index contributed by atoms with van der Waals surface area (Å²) in [6.07, 6.45) is 1.42. The first-order valence-electron chi connectivity index (χ1n) is 9.33. The van der Waals surface area contributed by atoms with Gasteiger partial charge in [0, 0.05) is 42.2 Å². The molecule has 0 heterocycles. The summed E-state index contributed by atoms with van der Waals surface area (Å²) in [6, 6.07) is 12.7. The number of nitrogens with one attached hydrogen (secondary N) is 3. The third-order valence-electron chi connectivity index (χ3n) is 4.04. The van der Waals surface area contributed by atoms with Crippen LogP contribution in [0.2, 0.25) is 5.02 Å². The molecule has 0 saturated carbocycles. The lowest BCUT2D eigenvalue weighted by molar-refractivity contribution is -0.121. The normalized spacial score (nSPS) is 10.2. The fourth-order valence-electron chi connectivity index (χ4n) is 2.51. The minimum Gasteiger partial charge on any atom is -0.508 e. The maximum atomic E-state index is 11.9. The number of halogens is 1. The van der Waals surface area contributed by atoms with Crippen molar-refractivity contribution < 1.29 is 19.5 Å². The lowest BCUT2D eigenvalue weighted by Gasteiger charge is -2.08. The van der Waals surface area contributed by atoms with Crippen molar-refractivity contribution in [2.75, 3.05) is 19.6 Å². The van der Waals surface area contributed by atoms with Crippen molar-refractivity contribution in [3.8, 4) is 5.75 Å². The fourth-order valence-corrected chi connectivity index (χ4v) is 2.64. The molecule has 0 aliphatic rings. The van der Waals surface area contributed by atoms with Crippen LogP contribution < -0.4 is 16.0 Å². The monoisotopic (exact) mass is 417 g/mol. The highest BCUT2D eigenvalue weighted by molar-refractivity contribution is 6.30. The van der Waals surface area contributed by atoms with E-state index >= 15 is 0 Å². The molecule has 7 nitrogen and oxygen atoms in total. The molecule has 2 rings (SSSR count). The Morgan fingerprint density at radius 1 is 0.793 bits per heavy atom. The van der Waals surface area contributed by atoms with Crippen LogP contribution in [0.1, 0.15) is 40.0 Å². The van der Waals surface area contributed by atoms with E-state index in [0.717, 1.165) is 0 Å². The predicted molar refractivity (Wildman–Crippen MR) is 111 cm³/mol. The highest BCUT2D eigenvalue weighted by atomic mass is 35.5. The van der Waals surface area contributed by atoms with Gasteiger partial charge in [0.05, 0.1) is 0 Å². The van der Waals surface area contributed by atoms with Gasteiger partial charge in [-0.1, -0.05) is 17.7 Å². The van der Waals surface area contributed by atoms with Gasteiger partial charge < -0.3 is 21.1 Å². The quantitative estimate of drug-likeness (QED) is 0.445. The van der Waals surface area contributed by atoms with Crippen molar-refractivity contribution in [3.05, 3.63) is 64.7 Å². The van der Waals surface area contributed by atoms with Gasteiger partial charge in [-0.25, -0.2) is 0 Å². The van der Waals surface area contributed by atoms with E-state index in [4.69, 9.17) is 11.6 Å². The van der Waals surface area contributed by atoms with E-state index in [-0.39, 0.29) is 23.5 Å². The molecule has 0 unspecified atom stereocenters.